The van der Waals surface area contributed by atoms with Gasteiger partial charge in [0.2, 0.25) is 0 Å². The molecule has 0 atom stereocenters. The first kappa shape index (κ1) is 18.9. The number of nitrogens with zero attached hydrogens (tertiary/aromatic N) is 2. The third-order valence-corrected chi connectivity index (χ3v) is 4.68. The number of nitriles is 1. The second-order valence-electron chi connectivity index (χ2n) is 6.76. The van der Waals surface area contributed by atoms with Crippen LogP contribution in [0.2, 0.25) is 0 Å². The molecular weight excluding hydrogens is 343 g/mol. The molecule has 3 rings (SSSR count). The zero-order valence-electron chi connectivity index (χ0n) is 15.2. The summed E-state index contributed by atoms with van der Waals surface area (Å²) in [5.74, 6) is -0.512. The first-order chi connectivity index (χ1) is 13.1. The van der Waals surface area contributed by atoms with Crippen LogP contribution in [0, 0.1) is 17.1 Å². The van der Waals surface area contributed by atoms with E-state index in [-0.39, 0.29) is 11.3 Å². The van der Waals surface area contributed by atoms with Gasteiger partial charge in [0.15, 0.2) is 0 Å². The van der Waals surface area contributed by atoms with Gasteiger partial charge in [-0.3, -0.25) is 4.90 Å². The maximum absolute atomic E-state index is 13.1. The van der Waals surface area contributed by atoms with Crippen LogP contribution in [0.25, 0.3) is 0 Å². The summed E-state index contributed by atoms with van der Waals surface area (Å²) in [4.78, 5) is 14.5. The minimum atomic E-state index is -0.512. The second-order valence-corrected chi connectivity index (χ2v) is 6.76. The Hall–Kier alpha value is -2.91. The average Bonchev–Trinajstić information content (AvgIpc) is 2.69. The van der Waals surface area contributed by atoms with Crippen LogP contribution in [0.4, 0.5) is 14.9 Å². The number of likely N-dealkylation sites (tertiary alicyclic amines) is 1. The lowest BCUT2D eigenvalue weighted by Crippen LogP contribution is -2.29. The van der Waals surface area contributed by atoms with E-state index >= 15 is 0 Å². The number of anilines is 1. The van der Waals surface area contributed by atoms with Gasteiger partial charge in [-0.15, -0.1) is 0 Å². The number of rotatable bonds is 5. The van der Waals surface area contributed by atoms with Gasteiger partial charge >= 0.3 is 6.03 Å². The fraction of sp³-hybridized carbons (Fsp3) is 0.333. The number of carbonyl (C=O) groups is 1. The van der Waals surface area contributed by atoms with Crippen LogP contribution in [0.5, 0.6) is 0 Å². The van der Waals surface area contributed by atoms with Crippen molar-refractivity contribution >= 4 is 11.7 Å². The van der Waals surface area contributed by atoms with Crippen molar-refractivity contribution in [3.8, 4) is 6.07 Å². The predicted molar refractivity (Wildman–Crippen MR) is 103 cm³/mol. The molecule has 0 spiro atoms. The SMILES string of the molecule is N#Cc1cc(F)ccc1NC(=O)NCc1ccc(CN2CCCCC2)cc1. The van der Waals surface area contributed by atoms with Crippen molar-refractivity contribution in [2.45, 2.75) is 32.4 Å². The Bertz CT molecular complexity index is 823. The maximum atomic E-state index is 13.1. The molecule has 0 radical (unpaired) electrons. The Kier molecular flexibility index (Phi) is 6.39. The first-order valence-corrected chi connectivity index (χ1v) is 9.19. The van der Waals surface area contributed by atoms with Gasteiger partial charge in [0, 0.05) is 13.1 Å². The van der Waals surface area contributed by atoms with E-state index in [4.69, 9.17) is 5.26 Å². The largest absolute Gasteiger partial charge is 0.334 e. The number of piperidine rings is 1. The maximum Gasteiger partial charge on any atom is 0.319 e. The Labute approximate surface area is 158 Å². The summed E-state index contributed by atoms with van der Waals surface area (Å²) in [6.07, 6.45) is 3.88. The molecule has 1 heterocycles. The summed E-state index contributed by atoms with van der Waals surface area (Å²) in [6, 6.07) is 13.3. The topological polar surface area (TPSA) is 68.2 Å². The summed E-state index contributed by atoms with van der Waals surface area (Å²) in [7, 11) is 0. The normalized spacial score (nSPS) is 14.4. The Morgan fingerprint density at radius 3 is 2.48 bits per heavy atom. The van der Waals surface area contributed by atoms with E-state index in [9.17, 15) is 9.18 Å². The van der Waals surface area contributed by atoms with Crippen molar-refractivity contribution in [3.63, 3.8) is 0 Å². The smallest absolute Gasteiger partial charge is 0.319 e. The van der Waals surface area contributed by atoms with Crippen LogP contribution >= 0.6 is 0 Å². The molecule has 1 aliphatic heterocycles. The summed E-state index contributed by atoms with van der Waals surface area (Å²) in [6.45, 7) is 3.67. The molecule has 5 nitrogen and oxygen atoms in total. The van der Waals surface area contributed by atoms with Gasteiger partial charge in [0.1, 0.15) is 11.9 Å². The molecule has 1 fully saturated rings. The predicted octanol–water partition coefficient (Wildman–Crippen LogP) is 4.00. The molecule has 6 heteroatoms. The highest BCUT2D eigenvalue weighted by Gasteiger charge is 2.11. The third-order valence-electron chi connectivity index (χ3n) is 4.68. The number of halogens is 1. The van der Waals surface area contributed by atoms with Crippen molar-refractivity contribution < 1.29 is 9.18 Å². The summed E-state index contributed by atoms with van der Waals surface area (Å²) < 4.78 is 13.1. The van der Waals surface area contributed by atoms with Gasteiger partial charge in [0.05, 0.1) is 11.3 Å². The molecule has 1 saturated heterocycles. The number of nitrogens with one attached hydrogen (secondary N) is 2. The minimum Gasteiger partial charge on any atom is -0.334 e. The van der Waals surface area contributed by atoms with Crippen LogP contribution in [-0.2, 0) is 13.1 Å². The zero-order chi connectivity index (χ0) is 19.1. The standard InChI is InChI=1S/C21H23FN4O/c22-19-8-9-20(18(12-19)13-23)25-21(27)24-14-16-4-6-17(7-5-16)15-26-10-2-1-3-11-26/h4-9,12H,1-3,10-11,14-15H2,(H2,24,25,27). The van der Waals surface area contributed by atoms with E-state index in [1.807, 2.05) is 18.2 Å². The second kappa shape index (κ2) is 9.15. The van der Waals surface area contributed by atoms with Gasteiger partial charge < -0.3 is 10.6 Å². The van der Waals surface area contributed by atoms with Crippen molar-refractivity contribution in [1.82, 2.24) is 10.2 Å². The van der Waals surface area contributed by atoms with Crippen LogP contribution < -0.4 is 10.6 Å². The first-order valence-electron chi connectivity index (χ1n) is 9.19. The Balaban J connectivity index is 1.49. The Morgan fingerprint density at radius 1 is 1.07 bits per heavy atom. The number of carbonyl (C=O) groups excluding carboxylic acids is 1. The molecule has 2 N–H and O–H groups in total. The molecule has 2 aromatic carbocycles. The number of hydrogen-bond donors (Lipinski definition) is 2. The molecule has 0 saturated carbocycles. The Morgan fingerprint density at radius 2 is 1.78 bits per heavy atom. The van der Waals surface area contributed by atoms with Crippen molar-refractivity contribution in [1.29, 1.82) is 5.26 Å². The lowest BCUT2D eigenvalue weighted by Gasteiger charge is -2.26. The van der Waals surface area contributed by atoms with Gasteiger partial charge in [0.25, 0.3) is 0 Å². The van der Waals surface area contributed by atoms with E-state index in [2.05, 4.69) is 27.7 Å². The van der Waals surface area contributed by atoms with Crippen molar-refractivity contribution in [2.24, 2.45) is 0 Å². The molecule has 2 aromatic rings. The van der Waals surface area contributed by atoms with E-state index in [1.54, 1.807) is 0 Å². The summed E-state index contributed by atoms with van der Waals surface area (Å²) in [5.41, 5.74) is 2.64. The van der Waals surface area contributed by atoms with Crippen LogP contribution in [0.15, 0.2) is 42.5 Å². The van der Waals surface area contributed by atoms with Crippen molar-refractivity contribution in [2.75, 3.05) is 18.4 Å². The highest BCUT2D eigenvalue weighted by atomic mass is 19.1. The van der Waals surface area contributed by atoms with E-state index in [0.29, 0.717) is 6.54 Å². The number of urea groups is 1. The molecule has 0 aromatic heterocycles. The molecular formula is C21H23FN4O. The lowest BCUT2D eigenvalue weighted by molar-refractivity contribution is 0.221. The van der Waals surface area contributed by atoms with Crippen LogP contribution in [0.3, 0.4) is 0 Å². The molecule has 0 aliphatic carbocycles. The minimum absolute atomic E-state index is 0.0900. The molecule has 140 valence electrons. The van der Waals surface area contributed by atoms with E-state index in [1.165, 1.54) is 37.0 Å². The van der Waals surface area contributed by atoms with Gasteiger partial charge in [-0.2, -0.15) is 5.26 Å². The fourth-order valence-corrected chi connectivity index (χ4v) is 3.21. The monoisotopic (exact) mass is 366 g/mol. The number of amides is 2. The molecule has 0 unspecified atom stereocenters. The molecule has 27 heavy (non-hydrogen) atoms. The number of hydrogen-bond acceptors (Lipinski definition) is 3. The third kappa shape index (κ3) is 5.53. The van der Waals surface area contributed by atoms with E-state index in [0.717, 1.165) is 31.3 Å². The highest BCUT2D eigenvalue weighted by Crippen LogP contribution is 2.16. The molecule has 2 amide bonds. The van der Waals surface area contributed by atoms with E-state index < -0.39 is 11.8 Å². The van der Waals surface area contributed by atoms with Gasteiger partial charge in [-0.25, -0.2) is 9.18 Å². The highest BCUT2D eigenvalue weighted by molar-refractivity contribution is 5.90. The number of benzene rings is 2. The molecule has 0 bridgehead atoms. The zero-order valence-corrected chi connectivity index (χ0v) is 15.2. The fourth-order valence-electron chi connectivity index (χ4n) is 3.21. The van der Waals surface area contributed by atoms with Gasteiger partial charge in [-0.05, 0) is 55.3 Å². The molecule has 1 aliphatic rings. The van der Waals surface area contributed by atoms with Crippen molar-refractivity contribution in [3.05, 3.63) is 65.0 Å². The van der Waals surface area contributed by atoms with Crippen LogP contribution in [-0.4, -0.2) is 24.0 Å². The lowest BCUT2D eigenvalue weighted by atomic mass is 10.1. The summed E-state index contributed by atoms with van der Waals surface area (Å²) in [5, 5.41) is 14.3. The quantitative estimate of drug-likeness (QED) is 0.840. The average molecular weight is 366 g/mol. The summed E-state index contributed by atoms with van der Waals surface area (Å²) >= 11 is 0. The van der Waals surface area contributed by atoms with Crippen LogP contribution in [0.1, 0.15) is 36.0 Å². The van der Waals surface area contributed by atoms with Gasteiger partial charge in [-0.1, -0.05) is 30.7 Å².